The number of hydrogen-bond donors (Lipinski definition) is 2. The number of likely N-dealkylation sites (N-methyl/N-ethyl adjacent to an activating group) is 1. The molecule has 24 heavy (non-hydrogen) atoms. The maximum Gasteiger partial charge on any atom is 0.124 e. The number of benzene rings is 1. The zero-order valence-corrected chi connectivity index (χ0v) is 15.1. The predicted octanol–water partition coefficient (Wildman–Crippen LogP) is 3.11. The number of nitrogens with one attached hydrogen (secondary N) is 2. The summed E-state index contributed by atoms with van der Waals surface area (Å²) in [6.07, 6.45) is 5.41. The van der Waals surface area contributed by atoms with E-state index in [1.54, 1.807) is 0 Å². The Bertz CT molecular complexity index is 560. The molecular weight excluding hydrogens is 298 g/mol. The highest BCUT2D eigenvalue weighted by atomic mass is 16.5. The average molecular weight is 329 g/mol. The van der Waals surface area contributed by atoms with Crippen LogP contribution in [0.1, 0.15) is 38.2 Å². The van der Waals surface area contributed by atoms with Gasteiger partial charge in [-0.25, -0.2) is 0 Å². The second-order valence-electron chi connectivity index (χ2n) is 7.50. The van der Waals surface area contributed by atoms with Crippen LogP contribution in [0.3, 0.4) is 0 Å². The van der Waals surface area contributed by atoms with Crippen LogP contribution in [0.25, 0.3) is 0 Å². The van der Waals surface area contributed by atoms with Crippen molar-refractivity contribution in [2.24, 2.45) is 5.92 Å². The number of hydrogen-bond acceptors (Lipinski definition) is 4. The largest absolute Gasteiger partial charge is 0.489 e. The van der Waals surface area contributed by atoms with Crippen molar-refractivity contribution in [3.8, 4) is 5.75 Å². The molecule has 4 heteroatoms. The van der Waals surface area contributed by atoms with E-state index in [0.717, 1.165) is 30.3 Å². The van der Waals surface area contributed by atoms with E-state index < -0.39 is 0 Å². The molecule has 0 bridgehead atoms. The molecule has 1 saturated carbocycles. The van der Waals surface area contributed by atoms with Crippen molar-refractivity contribution in [1.29, 1.82) is 0 Å². The molecule has 1 heterocycles. The van der Waals surface area contributed by atoms with Gasteiger partial charge in [0, 0.05) is 30.7 Å². The summed E-state index contributed by atoms with van der Waals surface area (Å²) in [5.41, 5.74) is 9.33. The van der Waals surface area contributed by atoms with Crippen molar-refractivity contribution in [3.05, 3.63) is 42.0 Å². The van der Waals surface area contributed by atoms with E-state index in [-0.39, 0.29) is 0 Å². The molecule has 0 radical (unpaired) electrons. The lowest BCUT2D eigenvalue weighted by atomic mass is 9.81. The second-order valence-corrected chi connectivity index (χ2v) is 7.50. The minimum absolute atomic E-state index is 0.545. The molecule has 2 aliphatic rings. The molecule has 3 rings (SSSR count). The standard InChI is InChI=1S/C20H31N3O/c1-15(2)14-24-20-11-7-4-8-16(20)12-23(3)13-19-17-9-5-6-10-18(17)21-22-19/h4,7-8,11,17-19,21-22H,1,5-6,9-10,12-14H2,2-3H3. The zero-order chi connectivity index (χ0) is 16.9. The highest BCUT2D eigenvalue weighted by molar-refractivity contribution is 5.33. The Hall–Kier alpha value is -1.36. The minimum Gasteiger partial charge on any atom is -0.489 e. The SMILES string of the molecule is C=C(C)COc1ccccc1CN(C)CC1NNC2CCCCC21. The summed E-state index contributed by atoms with van der Waals surface area (Å²) in [5, 5.41) is 0. The van der Waals surface area contributed by atoms with Gasteiger partial charge in [-0.05, 0) is 44.4 Å². The molecule has 1 aromatic rings. The molecule has 3 unspecified atom stereocenters. The van der Waals surface area contributed by atoms with Crippen LogP contribution < -0.4 is 15.6 Å². The van der Waals surface area contributed by atoms with Crippen molar-refractivity contribution in [3.63, 3.8) is 0 Å². The summed E-state index contributed by atoms with van der Waals surface area (Å²) in [5.74, 6) is 1.75. The first-order chi connectivity index (χ1) is 11.6. The molecule has 132 valence electrons. The summed E-state index contributed by atoms with van der Waals surface area (Å²) in [6.45, 7) is 8.46. The lowest BCUT2D eigenvalue weighted by Gasteiger charge is -2.29. The maximum absolute atomic E-state index is 5.90. The first-order valence-electron chi connectivity index (χ1n) is 9.18. The van der Waals surface area contributed by atoms with Crippen LogP contribution in [-0.2, 0) is 6.54 Å². The Labute approximate surface area is 146 Å². The fraction of sp³-hybridized carbons (Fsp3) is 0.600. The molecule has 4 nitrogen and oxygen atoms in total. The lowest BCUT2D eigenvalue weighted by Crippen LogP contribution is -2.41. The monoisotopic (exact) mass is 329 g/mol. The van der Waals surface area contributed by atoms with Crippen LogP contribution in [0.15, 0.2) is 36.4 Å². The molecule has 2 fully saturated rings. The zero-order valence-electron chi connectivity index (χ0n) is 15.1. The summed E-state index contributed by atoms with van der Waals surface area (Å²) < 4.78 is 5.90. The first kappa shape index (κ1) is 17.5. The van der Waals surface area contributed by atoms with E-state index in [4.69, 9.17) is 4.74 Å². The molecule has 1 saturated heterocycles. The van der Waals surface area contributed by atoms with E-state index in [1.165, 1.54) is 31.2 Å². The van der Waals surface area contributed by atoms with Gasteiger partial charge in [-0.15, -0.1) is 0 Å². The maximum atomic E-state index is 5.90. The predicted molar refractivity (Wildman–Crippen MR) is 98.9 cm³/mol. The van der Waals surface area contributed by atoms with Crippen molar-refractivity contribution in [2.45, 2.75) is 51.2 Å². The van der Waals surface area contributed by atoms with Crippen molar-refractivity contribution < 1.29 is 4.74 Å². The molecule has 3 atom stereocenters. The molecule has 1 aromatic carbocycles. The van der Waals surface area contributed by atoms with Gasteiger partial charge in [-0.3, -0.25) is 10.9 Å². The van der Waals surface area contributed by atoms with E-state index in [0.29, 0.717) is 18.7 Å². The third kappa shape index (κ3) is 4.38. The summed E-state index contributed by atoms with van der Waals surface area (Å²) in [4.78, 5) is 2.40. The topological polar surface area (TPSA) is 36.5 Å². The van der Waals surface area contributed by atoms with E-state index in [9.17, 15) is 0 Å². The van der Waals surface area contributed by atoms with Crippen LogP contribution >= 0.6 is 0 Å². The highest BCUT2D eigenvalue weighted by Gasteiger charge is 2.37. The summed E-state index contributed by atoms with van der Waals surface area (Å²) >= 11 is 0. The van der Waals surface area contributed by atoms with Gasteiger partial charge in [-0.2, -0.15) is 0 Å². The van der Waals surface area contributed by atoms with Crippen LogP contribution in [0.4, 0.5) is 0 Å². The molecule has 2 N–H and O–H groups in total. The van der Waals surface area contributed by atoms with Gasteiger partial charge in [-0.1, -0.05) is 37.6 Å². The molecule has 0 amide bonds. The number of rotatable bonds is 7. The summed E-state index contributed by atoms with van der Waals surface area (Å²) in [7, 11) is 2.20. The Balaban J connectivity index is 1.57. The highest BCUT2D eigenvalue weighted by Crippen LogP contribution is 2.30. The Morgan fingerprint density at radius 3 is 2.88 bits per heavy atom. The smallest absolute Gasteiger partial charge is 0.124 e. The van der Waals surface area contributed by atoms with Crippen LogP contribution in [0, 0.1) is 5.92 Å². The fourth-order valence-corrected chi connectivity index (χ4v) is 3.99. The van der Waals surface area contributed by atoms with Gasteiger partial charge in [0.05, 0.1) is 0 Å². The van der Waals surface area contributed by atoms with Crippen LogP contribution in [0.5, 0.6) is 5.75 Å². The third-order valence-corrected chi connectivity index (χ3v) is 5.19. The Morgan fingerprint density at radius 2 is 2.04 bits per heavy atom. The Morgan fingerprint density at radius 1 is 1.25 bits per heavy atom. The molecular formula is C20H31N3O. The second kappa shape index (κ2) is 8.15. The number of fused-ring (bicyclic) bond motifs is 1. The number of para-hydroxylation sites is 1. The van der Waals surface area contributed by atoms with E-state index in [1.807, 2.05) is 13.0 Å². The normalized spacial score (nSPS) is 26.4. The van der Waals surface area contributed by atoms with Crippen molar-refractivity contribution in [2.75, 3.05) is 20.2 Å². The van der Waals surface area contributed by atoms with Gasteiger partial charge in [0.15, 0.2) is 0 Å². The van der Waals surface area contributed by atoms with Crippen molar-refractivity contribution in [1.82, 2.24) is 15.8 Å². The molecule has 0 aromatic heterocycles. The number of ether oxygens (including phenoxy) is 1. The van der Waals surface area contributed by atoms with Crippen LogP contribution in [0.2, 0.25) is 0 Å². The minimum atomic E-state index is 0.545. The summed E-state index contributed by atoms with van der Waals surface area (Å²) in [6, 6.07) is 9.55. The quantitative estimate of drug-likeness (QED) is 0.754. The number of hydrazine groups is 1. The van der Waals surface area contributed by atoms with Gasteiger partial charge >= 0.3 is 0 Å². The van der Waals surface area contributed by atoms with Gasteiger partial charge in [0.2, 0.25) is 0 Å². The Kier molecular flexibility index (Phi) is 5.93. The molecule has 1 aliphatic carbocycles. The third-order valence-electron chi connectivity index (χ3n) is 5.19. The van der Waals surface area contributed by atoms with Gasteiger partial charge < -0.3 is 9.64 Å². The van der Waals surface area contributed by atoms with Crippen molar-refractivity contribution >= 4 is 0 Å². The van der Waals surface area contributed by atoms with E-state index in [2.05, 4.69) is 47.6 Å². The first-order valence-corrected chi connectivity index (χ1v) is 9.18. The fourth-order valence-electron chi connectivity index (χ4n) is 3.99. The van der Waals surface area contributed by atoms with Gasteiger partial charge in [0.25, 0.3) is 0 Å². The van der Waals surface area contributed by atoms with Crippen LogP contribution in [-0.4, -0.2) is 37.2 Å². The molecule has 0 spiro atoms. The van der Waals surface area contributed by atoms with E-state index >= 15 is 0 Å². The lowest BCUT2D eigenvalue weighted by molar-refractivity contribution is 0.234. The van der Waals surface area contributed by atoms with Gasteiger partial charge in [0.1, 0.15) is 12.4 Å². The molecule has 1 aliphatic heterocycles. The number of nitrogens with zero attached hydrogens (tertiary/aromatic N) is 1. The average Bonchev–Trinajstić information content (AvgIpc) is 2.97.